The van der Waals surface area contributed by atoms with Crippen LogP contribution in [0.25, 0.3) is 0 Å². The zero-order valence-corrected chi connectivity index (χ0v) is 11.6. The number of likely N-dealkylation sites (N-methyl/N-ethyl adjacent to an activating group) is 1. The molecule has 102 valence electrons. The molecule has 0 bridgehead atoms. The lowest BCUT2D eigenvalue weighted by molar-refractivity contribution is 0.128. The molecule has 1 fully saturated rings. The van der Waals surface area contributed by atoms with Crippen molar-refractivity contribution in [2.24, 2.45) is 0 Å². The van der Waals surface area contributed by atoms with E-state index in [0.29, 0.717) is 17.6 Å². The fraction of sp³-hybridized carbons (Fsp3) is 0.533. The lowest BCUT2D eigenvalue weighted by atomic mass is 10.0. The summed E-state index contributed by atoms with van der Waals surface area (Å²) in [5, 5.41) is 18.0. The number of rotatable bonds is 3. The Hall–Kier alpha value is -1.57. The molecule has 2 rings (SSSR count). The van der Waals surface area contributed by atoms with Crippen LogP contribution in [0.1, 0.15) is 18.9 Å². The third-order valence-corrected chi connectivity index (χ3v) is 4.01. The van der Waals surface area contributed by atoms with Gasteiger partial charge in [0.2, 0.25) is 0 Å². The van der Waals surface area contributed by atoms with Crippen molar-refractivity contribution in [3.05, 3.63) is 29.8 Å². The molecule has 1 heterocycles. The van der Waals surface area contributed by atoms with Gasteiger partial charge in [0.05, 0.1) is 11.6 Å². The minimum atomic E-state index is 0.225. The predicted molar refractivity (Wildman–Crippen MR) is 76.1 cm³/mol. The normalized spacial score (nSPS) is 24.2. The van der Waals surface area contributed by atoms with Crippen molar-refractivity contribution in [3.8, 4) is 6.07 Å². The molecule has 1 aliphatic rings. The Kier molecular flexibility index (Phi) is 4.41. The SMILES string of the molecule is CC1CN(c2ccc(C#N)cc2)CC(CCO)N1C. The van der Waals surface area contributed by atoms with E-state index in [1.54, 1.807) is 0 Å². The summed E-state index contributed by atoms with van der Waals surface area (Å²) in [5.41, 5.74) is 1.85. The van der Waals surface area contributed by atoms with Gasteiger partial charge in [0.25, 0.3) is 0 Å². The van der Waals surface area contributed by atoms with Crippen molar-refractivity contribution in [2.45, 2.75) is 25.4 Å². The van der Waals surface area contributed by atoms with Gasteiger partial charge in [-0.3, -0.25) is 4.90 Å². The van der Waals surface area contributed by atoms with Crippen LogP contribution in [-0.2, 0) is 0 Å². The van der Waals surface area contributed by atoms with Crippen LogP contribution < -0.4 is 4.90 Å². The molecule has 19 heavy (non-hydrogen) atoms. The fourth-order valence-electron chi connectivity index (χ4n) is 2.67. The lowest BCUT2D eigenvalue weighted by Crippen LogP contribution is -2.56. The first-order chi connectivity index (χ1) is 9.15. The van der Waals surface area contributed by atoms with Gasteiger partial charge in [0, 0.05) is 37.5 Å². The van der Waals surface area contributed by atoms with Crippen molar-refractivity contribution < 1.29 is 5.11 Å². The van der Waals surface area contributed by atoms with Gasteiger partial charge >= 0.3 is 0 Å². The highest BCUT2D eigenvalue weighted by molar-refractivity contribution is 5.50. The average molecular weight is 259 g/mol. The molecule has 1 aliphatic heterocycles. The molecule has 0 amide bonds. The predicted octanol–water partition coefficient (Wildman–Crippen LogP) is 1.45. The van der Waals surface area contributed by atoms with Gasteiger partial charge in [-0.05, 0) is 44.7 Å². The van der Waals surface area contributed by atoms with Crippen molar-refractivity contribution in [2.75, 3.05) is 31.6 Å². The highest BCUT2D eigenvalue weighted by Gasteiger charge is 2.28. The zero-order chi connectivity index (χ0) is 13.8. The van der Waals surface area contributed by atoms with E-state index in [4.69, 9.17) is 10.4 Å². The third-order valence-electron chi connectivity index (χ3n) is 4.01. The lowest BCUT2D eigenvalue weighted by Gasteiger charge is -2.44. The monoisotopic (exact) mass is 259 g/mol. The third kappa shape index (κ3) is 3.06. The molecule has 0 radical (unpaired) electrons. The molecule has 1 saturated heterocycles. The summed E-state index contributed by atoms with van der Waals surface area (Å²) in [6.07, 6.45) is 0.799. The van der Waals surface area contributed by atoms with E-state index in [0.717, 1.165) is 25.2 Å². The number of hydrogen-bond acceptors (Lipinski definition) is 4. The summed E-state index contributed by atoms with van der Waals surface area (Å²) in [6.45, 7) is 4.33. The topological polar surface area (TPSA) is 50.5 Å². The molecule has 0 spiro atoms. The summed E-state index contributed by atoms with van der Waals surface area (Å²) in [5.74, 6) is 0. The Morgan fingerprint density at radius 2 is 2.00 bits per heavy atom. The molecule has 1 aromatic rings. The summed E-state index contributed by atoms with van der Waals surface area (Å²) in [7, 11) is 2.13. The van der Waals surface area contributed by atoms with E-state index in [1.807, 2.05) is 24.3 Å². The van der Waals surface area contributed by atoms with Gasteiger partial charge in [-0.25, -0.2) is 0 Å². The Morgan fingerprint density at radius 3 is 2.58 bits per heavy atom. The van der Waals surface area contributed by atoms with Crippen LogP contribution in [0.4, 0.5) is 5.69 Å². The van der Waals surface area contributed by atoms with Crippen LogP contribution in [0.5, 0.6) is 0 Å². The highest BCUT2D eigenvalue weighted by atomic mass is 16.3. The van der Waals surface area contributed by atoms with Crippen LogP contribution >= 0.6 is 0 Å². The largest absolute Gasteiger partial charge is 0.396 e. The number of piperazine rings is 1. The zero-order valence-electron chi connectivity index (χ0n) is 11.6. The minimum Gasteiger partial charge on any atom is -0.396 e. The number of nitrogens with zero attached hydrogens (tertiary/aromatic N) is 3. The minimum absolute atomic E-state index is 0.225. The van der Waals surface area contributed by atoms with Crippen LogP contribution in [-0.4, -0.2) is 48.8 Å². The molecule has 0 aliphatic carbocycles. The summed E-state index contributed by atoms with van der Waals surface area (Å²) >= 11 is 0. The van der Waals surface area contributed by atoms with E-state index >= 15 is 0 Å². The Balaban J connectivity index is 2.13. The van der Waals surface area contributed by atoms with Crippen molar-refractivity contribution in [3.63, 3.8) is 0 Å². The van der Waals surface area contributed by atoms with Gasteiger partial charge in [0.1, 0.15) is 0 Å². The van der Waals surface area contributed by atoms with Crippen molar-refractivity contribution in [1.82, 2.24) is 4.90 Å². The molecule has 2 atom stereocenters. The first-order valence-corrected chi connectivity index (χ1v) is 6.73. The van der Waals surface area contributed by atoms with Gasteiger partial charge < -0.3 is 10.0 Å². The molecule has 4 nitrogen and oxygen atoms in total. The number of anilines is 1. The van der Waals surface area contributed by atoms with Crippen LogP contribution in [0.3, 0.4) is 0 Å². The Bertz CT molecular complexity index is 451. The van der Waals surface area contributed by atoms with Gasteiger partial charge in [0.15, 0.2) is 0 Å². The van der Waals surface area contributed by atoms with E-state index in [9.17, 15) is 0 Å². The molecule has 0 aromatic heterocycles. The number of nitriles is 1. The number of aliphatic hydroxyl groups is 1. The second-order valence-corrected chi connectivity index (χ2v) is 5.24. The van der Waals surface area contributed by atoms with Crippen LogP contribution in [0.15, 0.2) is 24.3 Å². The van der Waals surface area contributed by atoms with Gasteiger partial charge in [-0.1, -0.05) is 0 Å². The van der Waals surface area contributed by atoms with Crippen molar-refractivity contribution >= 4 is 5.69 Å². The van der Waals surface area contributed by atoms with Gasteiger partial charge in [-0.2, -0.15) is 5.26 Å². The molecular formula is C15H21N3O. The Morgan fingerprint density at radius 1 is 1.32 bits per heavy atom. The van der Waals surface area contributed by atoms with Crippen LogP contribution in [0, 0.1) is 11.3 Å². The number of aliphatic hydroxyl groups excluding tert-OH is 1. The summed E-state index contributed by atoms with van der Waals surface area (Å²) in [6, 6.07) is 10.7. The molecule has 1 aromatic carbocycles. The first kappa shape index (κ1) is 13.9. The standard InChI is InChI=1S/C15H21N3O/c1-12-10-18(11-15(7-8-19)17(12)2)14-5-3-13(9-16)4-6-14/h3-6,12,15,19H,7-8,10-11H2,1-2H3. The quantitative estimate of drug-likeness (QED) is 0.892. The molecular weight excluding hydrogens is 238 g/mol. The van der Waals surface area contributed by atoms with E-state index in [2.05, 4.69) is 29.8 Å². The van der Waals surface area contributed by atoms with Gasteiger partial charge in [-0.15, -0.1) is 0 Å². The second kappa shape index (κ2) is 6.05. The first-order valence-electron chi connectivity index (χ1n) is 6.73. The Labute approximate surface area is 114 Å². The van der Waals surface area contributed by atoms with Crippen molar-refractivity contribution in [1.29, 1.82) is 5.26 Å². The maximum atomic E-state index is 9.17. The van der Waals surface area contributed by atoms with E-state index in [1.165, 1.54) is 0 Å². The second-order valence-electron chi connectivity index (χ2n) is 5.24. The maximum absolute atomic E-state index is 9.17. The summed E-state index contributed by atoms with van der Waals surface area (Å²) in [4.78, 5) is 4.68. The highest BCUT2D eigenvalue weighted by Crippen LogP contribution is 2.23. The molecule has 4 heteroatoms. The van der Waals surface area contributed by atoms with Crippen LogP contribution in [0.2, 0.25) is 0 Å². The molecule has 0 saturated carbocycles. The van der Waals surface area contributed by atoms with E-state index < -0.39 is 0 Å². The molecule has 1 N–H and O–H groups in total. The smallest absolute Gasteiger partial charge is 0.0991 e. The molecule has 2 unspecified atom stereocenters. The number of hydrogen-bond donors (Lipinski definition) is 1. The number of benzene rings is 1. The maximum Gasteiger partial charge on any atom is 0.0991 e. The van der Waals surface area contributed by atoms with E-state index in [-0.39, 0.29) is 6.61 Å². The average Bonchev–Trinajstić information content (AvgIpc) is 2.44. The summed E-state index contributed by atoms with van der Waals surface area (Å²) < 4.78 is 0. The fourth-order valence-corrected chi connectivity index (χ4v) is 2.67.